The highest BCUT2D eigenvalue weighted by atomic mass is 35.5. The van der Waals surface area contributed by atoms with Crippen LogP contribution in [0.1, 0.15) is 121 Å². The molecule has 2 aromatic heterocycles. The Bertz CT molecular complexity index is 3740. The van der Waals surface area contributed by atoms with E-state index in [0.29, 0.717) is 31.1 Å². The summed E-state index contributed by atoms with van der Waals surface area (Å²) in [5.74, 6) is -4.76. The van der Waals surface area contributed by atoms with Gasteiger partial charge < -0.3 is 88.4 Å². The molecule has 10 rings (SSSR count). The maximum absolute atomic E-state index is 14.3. The standard InChI is InChI=1S/C73H98Cl2N6O22S3/c1-12-15-16-25-49(84)76-54-66(91)81-63(73(6,7)106-67(54)81)70(94)97-38(32-95-43-21-17-23-45-50(43)41(82)28-47(98-45)68(92)100-61-55(85)59(102-71(104-10)57(61)87)52(34(4)74)77-64(89)39-26-36(19-13-2)30-79(39)8)33-96-44-22-18-24-46-51(44)42(83)29-48(99-46)69(93)101-62-56(86)60(103-72(105-11)58(62)88)53(35(5)75)78-65(90)40-27-37(20-14-3)31-80(40)9/h12,15,17-18,21-24,28-29,34-40,52-63,67,70-72,85-88,94H,13-14,16,19-20,25-27,30-33H2,1-11H3,(H,76,84)(H,77,89)(H,78,90)/b15-12-. The molecule has 4 aromatic rings. The molecule has 8 heterocycles. The number of nitrogens with zero attached hydrogens (tertiary/aromatic N) is 3. The molecule has 106 heavy (non-hydrogen) atoms. The third-order valence-electron chi connectivity index (χ3n) is 20.6. The fourth-order valence-electron chi connectivity index (χ4n) is 15.3. The van der Waals surface area contributed by atoms with Gasteiger partial charge in [-0.05, 0) is 129 Å². The van der Waals surface area contributed by atoms with E-state index in [1.165, 1.54) is 53.1 Å². The average Bonchev–Trinajstić information content (AvgIpc) is 1.56. The zero-order valence-electron chi connectivity index (χ0n) is 61.0. The van der Waals surface area contributed by atoms with Crippen LogP contribution in [0.5, 0.6) is 11.5 Å². The second-order valence-corrected chi connectivity index (χ2v) is 33.7. The number of hydrogen-bond donors (Lipinski definition) is 8. The molecule has 6 aliphatic heterocycles. The van der Waals surface area contributed by atoms with Crippen molar-refractivity contribution < 1.29 is 96.3 Å². The predicted octanol–water partition coefficient (Wildman–Crippen LogP) is 5.10. The first-order valence-corrected chi connectivity index (χ1v) is 40.2. The number of hydrogen-bond acceptors (Lipinski definition) is 27. The smallest absolute Gasteiger partial charge is 0.374 e. The van der Waals surface area contributed by atoms with Gasteiger partial charge in [0.2, 0.25) is 35.1 Å². The molecule has 0 saturated carbocycles. The minimum absolute atomic E-state index is 0.107. The molecule has 8 N–H and O–H groups in total. The topological polar surface area (TPSA) is 374 Å². The van der Waals surface area contributed by atoms with Crippen molar-refractivity contribution in [2.45, 2.75) is 229 Å². The van der Waals surface area contributed by atoms with Gasteiger partial charge in [0.25, 0.3) is 0 Å². The molecule has 0 radical (unpaired) electrons. The van der Waals surface area contributed by atoms with Gasteiger partial charge in [0.05, 0.1) is 41.0 Å². The third-order valence-corrected chi connectivity index (χ3v) is 24.4. The molecule has 22 unspecified atom stereocenters. The van der Waals surface area contributed by atoms with E-state index < -0.39 is 183 Å². The summed E-state index contributed by atoms with van der Waals surface area (Å²) in [4.78, 5) is 117. The summed E-state index contributed by atoms with van der Waals surface area (Å²) in [6, 6.07) is 5.30. The van der Waals surface area contributed by atoms with Crippen LogP contribution in [-0.2, 0) is 42.9 Å². The first-order chi connectivity index (χ1) is 50.4. The molecule has 4 amide bonds. The first-order valence-electron chi connectivity index (χ1n) is 35.9. The highest BCUT2D eigenvalue weighted by Gasteiger charge is 2.64. The molecule has 6 aliphatic rings. The Balaban J connectivity index is 0.875. The number of likely N-dealkylation sites (N-methyl/N-ethyl adjacent to an activating group) is 2. The number of thioether (sulfide) groups is 3. The van der Waals surface area contributed by atoms with Gasteiger partial charge in [0, 0.05) is 36.4 Å². The fraction of sp³-hybridized carbons (Fsp3) is 0.644. The van der Waals surface area contributed by atoms with Crippen molar-refractivity contribution in [2.75, 3.05) is 52.9 Å². The maximum atomic E-state index is 14.3. The lowest BCUT2D eigenvalue weighted by Gasteiger charge is -2.46. The van der Waals surface area contributed by atoms with Crippen molar-refractivity contribution in [3.8, 4) is 11.5 Å². The van der Waals surface area contributed by atoms with E-state index in [2.05, 4.69) is 29.8 Å². The number of carbonyl (C=O) groups is 6. The Kier molecular flexibility index (Phi) is 28.1. The molecule has 22 atom stereocenters. The number of fused-ring (bicyclic) bond motifs is 3. The van der Waals surface area contributed by atoms with Crippen LogP contribution in [-0.4, -0.2) is 258 Å². The summed E-state index contributed by atoms with van der Waals surface area (Å²) in [6.07, 6.45) is -3.20. The van der Waals surface area contributed by atoms with E-state index >= 15 is 0 Å². The van der Waals surface area contributed by atoms with Crippen molar-refractivity contribution in [3.63, 3.8) is 0 Å². The molecule has 2 aromatic carbocycles. The number of alkyl halides is 2. The van der Waals surface area contributed by atoms with Crippen LogP contribution in [0.3, 0.4) is 0 Å². The van der Waals surface area contributed by atoms with Gasteiger partial charge in [-0.3, -0.25) is 38.6 Å². The largest absolute Gasteiger partial charge is 0.490 e. The van der Waals surface area contributed by atoms with E-state index in [0.717, 1.165) is 74.4 Å². The Hall–Kier alpha value is -5.75. The number of nitrogens with one attached hydrogen (secondary N) is 3. The van der Waals surface area contributed by atoms with E-state index in [-0.39, 0.29) is 57.6 Å². The monoisotopic (exact) mass is 1580 g/mol. The second kappa shape index (κ2) is 35.9. The summed E-state index contributed by atoms with van der Waals surface area (Å²) < 4.78 is 54.1. The zero-order valence-corrected chi connectivity index (χ0v) is 65.0. The Morgan fingerprint density at radius 1 is 0.717 bits per heavy atom. The Labute approximate surface area is 637 Å². The van der Waals surface area contributed by atoms with Crippen molar-refractivity contribution in [2.24, 2.45) is 11.8 Å². The molecule has 6 saturated heterocycles. The molecule has 6 fully saturated rings. The highest BCUT2D eigenvalue weighted by Crippen LogP contribution is 2.52. The number of aliphatic hydroxyl groups is 5. The molecule has 0 aliphatic carbocycles. The summed E-state index contributed by atoms with van der Waals surface area (Å²) in [7, 11) is 3.73. The van der Waals surface area contributed by atoms with Crippen molar-refractivity contribution >= 4 is 116 Å². The van der Waals surface area contributed by atoms with Crippen LogP contribution in [0, 0.1) is 11.8 Å². The molecule has 28 nitrogen and oxygen atoms in total. The lowest BCUT2D eigenvalue weighted by Crippen LogP contribution is -2.71. The van der Waals surface area contributed by atoms with Gasteiger partial charge in [-0.2, -0.15) is 0 Å². The Morgan fingerprint density at radius 3 is 1.58 bits per heavy atom. The zero-order chi connectivity index (χ0) is 76.9. The minimum Gasteiger partial charge on any atom is -0.490 e. The quantitative estimate of drug-likeness (QED) is 0.0107. The van der Waals surface area contributed by atoms with Gasteiger partial charge in [-0.15, -0.1) is 58.5 Å². The number of allylic oxidation sites excluding steroid dienone is 2. The number of rotatable bonds is 31. The Morgan fingerprint density at radius 2 is 1.17 bits per heavy atom. The summed E-state index contributed by atoms with van der Waals surface area (Å²) in [5.41, 5.74) is -4.12. The summed E-state index contributed by atoms with van der Waals surface area (Å²) in [5, 5.41) is 65.2. The van der Waals surface area contributed by atoms with Gasteiger partial charge >= 0.3 is 11.9 Å². The summed E-state index contributed by atoms with van der Waals surface area (Å²) >= 11 is 16.9. The van der Waals surface area contributed by atoms with Gasteiger partial charge in [-0.1, -0.05) is 51.0 Å². The lowest BCUT2D eigenvalue weighted by atomic mass is 9.92. The normalized spacial score (nSPS) is 30.6. The molecular weight excluding hydrogens is 1480 g/mol. The number of ether oxygens (including phenoxy) is 7. The number of carbonyl (C=O) groups excluding carboxylic acids is 6. The SMILES string of the molecule is C/C=C\CCC(=O)NC1C(=O)N2C1SC(C)(C)C2C(O)OC(COc1cccc2oc(C(=O)OC3C(O)C(SC)OC(C(NC(=O)C4CC(CCC)CN4C)C(C)Cl)C3O)cc(=O)c12)COc1cccc2oc(C(=O)OC3C(O)C(SC)OC(C(NC(=O)C4CC(CCC)CN4C)C(C)Cl)C3O)cc(=O)c12. The maximum Gasteiger partial charge on any atom is 0.374 e. The second-order valence-electron chi connectivity index (χ2n) is 28.7. The van der Waals surface area contributed by atoms with E-state index in [4.69, 9.17) is 65.2 Å². The number of amides is 4. The van der Waals surface area contributed by atoms with E-state index in [9.17, 15) is 63.9 Å². The van der Waals surface area contributed by atoms with E-state index in [1.807, 2.05) is 43.0 Å². The van der Waals surface area contributed by atoms with Crippen molar-refractivity contribution in [3.05, 3.63) is 92.7 Å². The van der Waals surface area contributed by atoms with Crippen molar-refractivity contribution in [1.82, 2.24) is 30.7 Å². The first kappa shape index (κ1) is 82.7. The molecule has 0 spiro atoms. The lowest BCUT2D eigenvalue weighted by molar-refractivity contribution is -0.206. The van der Waals surface area contributed by atoms with Crippen LogP contribution in [0.4, 0.5) is 0 Å². The number of halogens is 2. The minimum atomic E-state index is -1.78. The average molecular weight is 1580 g/mol. The number of β-lactam (4-membered cyclic amide) rings is 1. The third kappa shape index (κ3) is 18.2. The van der Waals surface area contributed by atoms with Crippen molar-refractivity contribution in [1.29, 1.82) is 0 Å². The van der Waals surface area contributed by atoms with E-state index in [1.54, 1.807) is 40.2 Å². The number of benzene rings is 2. The number of esters is 2. The summed E-state index contributed by atoms with van der Waals surface area (Å²) in [6.45, 7) is 13.2. The van der Waals surface area contributed by atoms with Crippen LogP contribution in [0.15, 0.2) is 79.1 Å². The van der Waals surface area contributed by atoms with Gasteiger partial charge in [-0.25, -0.2) is 9.59 Å². The molecule has 33 heteroatoms. The van der Waals surface area contributed by atoms with Gasteiger partial charge in [0.1, 0.15) is 112 Å². The van der Waals surface area contributed by atoms with Crippen LogP contribution in [0.2, 0.25) is 0 Å². The molecular formula is C73H98Cl2N6O22S3. The highest BCUT2D eigenvalue weighted by molar-refractivity contribution is 8.01. The van der Waals surface area contributed by atoms with Gasteiger partial charge in [0.15, 0.2) is 29.4 Å². The van der Waals surface area contributed by atoms with Crippen LogP contribution in [0.25, 0.3) is 21.9 Å². The molecule has 0 bridgehead atoms. The van der Waals surface area contributed by atoms with Crippen LogP contribution < -0.4 is 36.3 Å². The van der Waals surface area contributed by atoms with Crippen LogP contribution >= 0.6 is 58.5 Å². The predicted molar refractivity (Wildman–Crippen MR) is 399 cm³/mol. The fourth-order valence-corrected chi connectivity index (χ4v) is 18.7. The molecule has 584 valence electrons. The number of likely N-dealkylation sites (tertiary alicyclic amines) is 2. The number of aliphatic hydroxyl groups excluding tert-OH is 5.